The van der Waals surface area contributed by atoms with Gasteiger partial charge in [0.1, 0.15) is 17.6 Å². The fourth-order valence-electron chi connectivity index (χ4n) is 8.03. The van der Waals surface area contributed by atoms with Gasteiger partial charge >= 0.3 is 11.8 Å². The zero-order valence-corrected chi connectivity index (χ0v) is 33.2. The van der Waals surface area contributed by atoms with E-state index in [0.29, 0.717) is 18.8 Å². The minimum Gasteiger partial charge on any atom is -0.507 e. The number of phenolic OH excluding ortho intramolecular Hbond substituents is 2. The van der Waals surface area contributed by atoms with E-state index in [1.165, 1.54) is 27.2 Å². The average molecular weight is 765 g/mol. The molecule has 5 N–H and O–H groups in total. The third-order valence-electron chi connectivity index (χ3n) is 11.5. The number of nitrogens with one attached hydrogen (secondary N) is 1. The number of methoxy groups -OCH3 is 1. The van der Waals surface area contributed by atoms with Crippen LogP contribution in [0.4, 0.5) is 11.4 Å². The lowest BCUT2D eigenvalue weighted by atomic mass is 9.78. The van der Waals surface area contributed by atoms with Crippen LogP contribution in [0, 0.1) is 30.6 Å². The summed E-state index contributed by atoms with van der Waals surface area (Å²) < 4.78 is 23.8. The van der Waals surface area contributed by atoms with Crippen molar-refractivity contribution in [3.05, 3.63) is 53.3 Å². The minimum atomic E-state index is -1.89. The number of phenols is 2. The molecule has 55 heavy (non-hydrogen) atoms. The number of Topliss-reactive ketones (excluding diaryl/α,β-unsaturated/α-hetero) is 1. The van der Waals surface area contributed by atoms with Gasteiger partial charge in [-0.25, -0.2) is 0 Å². The third kappa shape index (κ3) is 8.06. The number of aliphatic hydroxyl groups is 2. The van der Waals surface area contributed by atoms with Crippen molar-refractivity contribution in [2.45, 2.75) is 105 Å². The number of allylic oxidation sites excluding steroid dienone is 2. The van der Waals surface area contributed by atoms with Gasteiger partial charge in [-0.05, 0) is 45.3 Å². The van der Waals surface area contributed by atoms with Gasteiger partial charge in [-0.1, -0.05) is 45.9 Å². The molecule has 1 fully saturated rings. The van der Waals surface area contributed by atoms with E-state index in [0.717, 1.165) is 19.3 Å². The molecule has 0 spiro atoms. The monoisotopic (exact) mass is 764 g/mol. The van der Waals surface area contributed by atoms with Crippen molar-refractivity contribution in [2.24, 2.45) is 23.7 Å². The van der Waals surface area contributed by atoms with Gasteiger partial charge in [-0.3, -0.25) is 14.4 Å². The zero-order chi connectivity index (χ0) is 40.5. The molecule has 0 unspecified atom stereocenters. The Morgan fingerprint density at radius 3 is 2.25 bits per heavy atom. The highest BCUT2D eigenvalue weighted by Gasteiger charge is 2.49. The van der Waals surface area contributed by atoms with Crippen LogP contribution in [0.15, 0.2) is 42.2 Å². The van der Waals surface area contributed by atoms with Crippen LogP contribution in [0.3, 0.4) is 0 Å². The Bertz CT molecular complexity index is 1900. The molecule has 300 valence electrons. The number of hydrogen-bond donors (Lipinski definition) is 5. The van der Waals surface area contributed by atoms with E-state index < -0.39 is 77.3 Å². The van der Waals surface area contributed by atoms with Crippen LogP contribution in [-0.2, 0) is 23.8 Å². The molecule has 1 amide bonds. The highest BCUT2D eigenvalue weighted by molar-refractivity contribution is 6.23. The summed E-state index contributed by atoms with van der Waals surface area (Å²) in [6, 6.07) is 1.62. The fraction of sp³-hybridized carbons (Fsp3) is 0.548. The Labute approximate surface area is 322 Å². The largest absolute Gasteiger partial charge is 0.507 e. The summed E-state index contributed by atoms with van der Waals surface area (Å²) >= 11 is 0. The van der Waals surface area contributed by atoms with Crippen molar-refractivity contribution in [2.75, 3.05) is 30.4 Å². The minimum absolute atomic E-state index is 0.000347. The number of esters is 1. The molecule has 9 atom stereocenters. The van der Waals surface area contributed by atoms with Crippen LogP contribution in [0.1, 0.15) is 83.7 Å². The number of piperidine rings is 1. The smallest absolute Gasteiger partial charge is 0.312 e. The summed E-state index contributed by atoms with van der Waals surface area (Å²) in [4.78, 5) is 42.4. The van der Waals surface area contributed by atoms with Crippen LogP contribution in [0.2, 0.25) is 0 Å². The number of aromatic hydroxyl groups is 2. The number of benzene rings is 2. The van der Waals surface area contributed by atoms with E-state index in [1.807, 2.05) is 0 Å². The van der Waals surface area contributed by atoms with Gasteiger partial charge in [0.05, 0.1) is 41.2 Å². The second-order valence-corrected chi connectivity index (χ2v) is 15.5. The Morgan fingerprint density at radius 2 is 1.62 bits per heavy atom. The number of hydrogen-bond acceptors (Lipinski definition) is 12. The maximum absolute atomic E-state index is 14.5. The van der Waals surface area contributed by atoms with E-state index in [4.69, 9.17) is 18.9 Å². The highest BCUT2D eigenvalue weighted by Crippen LogP contribution is 2.54. The highest BCUT2D eigenvalue weighted by atomic mass is 16.7. The summed E-state index contributed by atoms with van der Waals surface area (Å²) in [5.41, 5.74) is 1.22. The number of ether oxygens (including phenoxy) is 4. The van der Waals surface area contributed by atoms with Crippen molar-refractivity contribution < 1.29 is 53.8 Å². The number of rotatable bonds is 3. The molecule has 0 aliphatic carbocycles. The van der Waals surface area contributed by atoms with E-state index in [9.17, 15) is 34.8 Å². The van der Waals surface area contributed by atoms with Gasteiger partial charge in [0.2, 0.25) is 0 Å². The van der Waals surface area contributed by atoms with Crippen molar-refractivity contribution in [3.8, 4) is 17.2 Å². The van der Waals surface area contributed by atoms with Crippen molar-refractivity contribution in [3.63, 3.8) is 0 Å². The summed E-state index contributed by atoms with van der Waals surface area (Å²) in [6.45, 7) is 14.3. The second-order valence-electron chi connectivity index (χ2n) is 15.5. The first kappa shape index (κ1) is 41.6. The quantitative estimate of drug-likeness (QED) is 0.181. The molecule has 0 radical (unpaired) electrons. The number of amides is 1. The van der Waals surface area contributed by atoms with Crippen LogP contribution in [0.5, 0.6) is 17.2 Å². The van der Waals surface area contributed by atoms with E-state index in [-0.39, 0.29) is 44.7 Å². The van der Waals surface area contributed by atoms with Gasteiger partial charge in [0.25, 0.3) is 11.7 Å². The number of carbonyl (C=O) groups is 3. The molecule has 13 heteroatoms. The topological polar surface area (TPSA) is 184 Å². The van der Waals surface area contributed by atoms with Gasteiger partial charge in [0.15, 0.2) is 5.75 Å². The summed E-state index contributed by atoms with van der Waals surface area (Å²) in [6.07, 6.45) is 6.89. The molecule has 5 bridgehead atoms. The van der Waals surface area contributed by atoms with Gasteiger partial charge < -0.3 is 49.6 Å². The van der Waals surface area contributed by atoms with Gasteiger partial charge in [-0.15, -0.1) is 0 Å². The molecule has 1 saturated heterocycles. The molecule has 4 heterocycles. The number of anilines is 2. The van der Waals surface area contributed by atoms with E-state index in [2.05, 4.69) is 10.2 Å². The molecule has 2 aromatic carbocycles. The summed E-state index contributed by atoms with van der Waals surface area (Å²) in [5.74, 6) is -6.42. The van der Waals surface area contributed by atoms with Crippen LogP contribution >= 0.6 is 0 Å². The van der Waals surface area contributed by atoms with Crippen molar-refractivity contribution in [1.29, 1.82) is 0 Å². The first-order valence-electron chi connectivity index (χ1n) is 19.0. The van der Waals surface area contributed by atoms with Gasteiger partial charge in [-0.2, -0.15) is 0 Å². The zero-order valence-electron chi connectivity index (χ0n) is 33.2. The van der Waals surface area contributed by atoms with Crippen molar-refractivity contribution >= 4 is 39.8 Å². The van der Waals surface area contributed by atoms with E-state index in [1.54, 1.807) is 71.9 Å². The SMILES string of the molecule is CO[C@H]1/C=C/O[C@@]2(C)Oc3c(C)c(O)c4c(O)c(cc(N5CCCCC5)c4c3C2=O)NC(=O)/C(C)=C\C=C\[C@H](C)[C@H](O)[C@@H](C)[C@@H](O)[C@H](C)[C@H](OC(C)=O)[C@H]1C. The number of fused-ring (bicyclic) bond motifs is 14. The Kier molecular flexibility index (Phi) is 12.6. The van der Waals surface area contributed by atoms with E-state index >= 15 is 0 Å². The number of carbonyl (C=O) groups excluding carboxylic acids is 3. The molecule has 4 aliphatic heterocycles. The third-order valence-corrected chi connectivity index (χ3v) is 11.5. The number of aliphatic hydroxyl groups excluding tert-OH is 2. The predicted molar refractivity (Wildman–Crippen MR) is 208 cm³/mol. The average Bonchev–Trinajstić information content (AvgIpc) is 3.42. The Hall–Kier alpha value is -4.59. The van der Waals surface area contributed by atoms with Crippen LogP contribution in [-0.4, -0.2) is 88.5 Å². The molecule has 6 rings (SSSR count). The van der Waals surface area contributed by atoms with Crippen LogP contribution in [0.25, 0.3) is 10.8 Å². The second kappa shape index (κ2) is 16.6. The molecule has 2 aromatic rings. The molecule has 0 saturated carbocycles. The lowest BCUT2D eigenvalue weighted by Crippen LogP contribution is -2.46. The maximum atomic E-state index is 14.5. The van der Waals surface area contributed by atoms with Gasteiger partial charge in [0, 0.05) is 79.9 Å². The lowest BCUT2D eigenvalue weighted by molar-refractivity contribution is -0.160. The normalized spacial score (nSPS) is 33.0. The van der Waals surface area contributed by atoms with Crippen molar-refractivity contribution in [1.82, 2.24) is 0 Å². The maximum Gasteiger partial charge on any atom is 0.312 e. The molecule has 13 nitrogen and oxygen atoms in total. The Balaban J connectivity index is 1.69. The predicted octanol–water partition coefficient (Wildman–Crippen LogP) is 6.04. The standard InChI is InChI=1S/C42H56N2O11/c1-21-14-13-15-22(2)41(51)43-28-20-29(44-17-11-10-12-18-44)31-32(37(28)49)36(48)26(6)39-33(31)40(50)42(8,55-39)53-19-16-30(52-9)23(3)38(54-27(7)45)25(5)35(47)24(4)34(21)46/h13-16,19-21,23-25,30,34-35,38,46-49H,10-12,17-18H2,1-9H3,(H,43,51)/b14-13+,19-16+,22-15-/t21-,23-,24+,25-,30-,34-,35+,38+,42-/m0/s1. The molecular formula is C42H56N2O11. The molecule has 0 aromatic heterocycles. The Morgan fingerprint density at radius 1 is 0.945 bits per heavy atom. The first-order chi connectivity index (χ1) is 25.9. The molecular weight excluding hydrogens is 708 g/mol. The summed E-state index contributed by atoms with van der Waals surface area (Å²) in [5, 5.41) is 49.2. The summed E-state index contributed by atoms with van der Waals surface area (Å²) in [7, 11) is 1.47. The van der Waals surface area contributed by atoms with Crippen LogP contribution < -0.4 is 15.0 Å². The number of nitrogens with zero attached hydrogens (tertiary/aromatic N) is 1. The fourth-order valence-corrected chi connectivity index (χ4v) is 8.03. The lowest BCUT2D eigenvalue weighted by Gasteiger charge is -2.38. The number of ketones is 1. The molecule has 4 aliphatic rings. The first-order valence-corrected chi connectivity index (χ1v) is 19.0.